The molecule has 6 heteroatoms. The van der Waals surface area contributed by atoms with Gasteiger partial charge in [0.15, 0.2) is 11.6 Å². The van der Waals surface area contributed by atoms with Gasteiger partial charge in [0.05, 0.1) is 0 Å². The van der Waals surface area contributed by atoms with Gasteiger partial charge in [0.2, 0.25) is 0 Å². The molecule has 0 atom stereocenters. The first kappa shape index (κ1) is 12.5. The molecule has 1 aromatic heterocycles. The second-order valence-corrected chi connectivity index (χ2v) is 4.76. The van der Waals surface area contributed by atoms with Crippen molar-refractivity contribution in [1.82, 2.24) is 15.1 Å². The topological polar surface area (TPSA) is 55.3 Å². The van der Waals surface area contributed by atoms with Crippen molar-refractivity contribution < 1.29 is 9.53 Å². The van der Waals surface area contributed by atoms with Crippen molar-refractivity contribution in [2.45, 2.75) is 0 Å². The summed E-state index contributed by atoms with van der Waals surface area (Å²) in [6.45, 7) is -0.0174. The van der Waals surface area contributed by atoms with Gasteiger partial charge in [-0.2, -0.15) is 0 Å². The number of aromatic nitrogens is 2. The molecule has 0 saturated heterocycles. The molecule has 1 heterocycles. The average molecular weight is 263 g/mol. The SMILES string of the molecule is CN(C)C(=O)COc1nnc(-c2ccccc2)s1. The third kappa shape index (κ3) is 3.04. The van der Waals surface area contributed by atoms with Crippen LogP contribution in [-0.4, -0.2) is 41.7 Å². The van der Waals surface area contributed by atoms with Gasteiger partial charge < -0.3 is 9.64 Å². The molecule has 1 aromatic carbocycles. The summed E-state index contributed by atoms with van der Waals surface area (Å²) >= 11 is 1.32. The molecule has 0 aliphatic heterocycles. The molecule has 2 aromatic rings. The molecule has 94 valence electrons. The Morgan fingerprint density at radius 3 is 2.67 bits per heavy atom. The molecule has 5 nitrogen and oxygen atoms in total. The van der Waals surface area contributed by atoms with Gasteiger partial charge in [-0.1, -0.05) is 46.8 Å². The summed E-state index contributed by atoms with van der Waals surface area (Å²) in [6.07, 6.45) is 0. The normalized spacial score (nSPS) is 10.1. The van der Waals surface area contributed by atoms with Crippen molar-refractivity contribution in [3.8, 4) is 15.8 Å². The van der Waals surface area contributed by atoms with Crippen LogP contribution in [-0.2, 0) is 4.79 Å². The highest BCUT2D eigenvalue weighted by atomic mass is 32.1. The van der Waals surface area contributed by atoms with Gasteiger partial charge in [-0.3, -0.25) is 4.79 Å². The molecule has 1 amide bonds. The summed E-state index contributed by atoms with van der Waals surface area (Å²) in [6, 6.07) is 9.72. The number of likely N-dealkylation sites (N-methyl/N-ethyl adjacent to an activating group) is 1. The molecule has 0 N–H and O–H groups in total. The number of rotatable bonds is 4. The van der Waals surface area contributed by atoms with Crippen molar-refractivity contribution >= 4 is 17.2 Å². The highest BCUT2D eigenvalue weighted by molar-refractivity contribution is 7.16. The van der Waals surface area contributed by atoms with E-state index in [9.17, 15) is 4.79 Å². The van der Waals surface area contributed by atoms with E-state index in [1.165, 1.54) is 16.2 Å². The van der Waals surface area contributed by atoms with E-state index in [1.54, 1.807) is 14.1 Å². The number of benzene rings is 1. The number of nitrogens with zero attached hydrogens (tertiary/aromatic N) is 3. The van der Waals surface area contributed by atoms with Crippen molar-refractivity contribution in [2.24, 2.45) is 0 Å². The molecule has 0 aliphatic carbocycles. The summed E-state index contributed by atoms with van der Waals surface area (Å²) in [7, 11) is 3.36. The van der Waals surface area contributed by atoms with Gasteiger partial charge in [-0.05, 0) is 0 Å². The van der Waals surface area contributed by atoms with Crippen LogP contribution in [0.25, 0.3) is 10.6 Å². The van der Waals surface area contributed by atoms with Gasteiger partial charge in [0, 0.05) is 19.7 Å². The standard InChI is InChI=1S/C12H13N3O2S/c1-15(2)10(16)8-17-12-14-13-11(18-12)9-6-4-3-5-7-9/h3-7H,8H2,1-2H3. The Bertz CT molecular complexity index is 525. The van der Waals surface area contributed by atoms with Gasteiger partial charge >= 0.3 is 0 Å². The number of hydrogen-bond acceptors (Lipinski definition) is 5. The minimum atomic E-state index is -0.105. The Morgan fingerprint density at radius 2 is 2.00 bits per heavy atom. The number of carbonyl (C=O) groups is 1. The number of carbonyl (C=O) groups excluding carboxylic acids is 1. The van der Waals surface area contributed by atoms with Crippen LogP contribution in [0.3, 0.4) is 0 Å². The fourth-order valence-electron chi connectivity index (χ4n) is 1.22. The number of amides is 1. The molecule has 0 radical (unpaired) electrons. The second-order valence-electron chi connectivity index (χ2n) is 3.82. The maximum Gasteiger partial charge on any atom is 0.294 e. The fourth-order valence-corrected chi connectivity index (χ4v) is 1.92. The zero-order valence-electron chi connectivity index (χ0n) is 10.2. The Hall–Kier alpha value is -1.95. The van der Waals surface area contributed by atoms with Crippen molar-refractivity contribution in [2.75, 3.05) is 20.7 Å². The predicted octanol–water partition coefficient (Wildman–Crippen LogP) is 1.67. The van der Waals surface area contributed by atoms with Crippen LogP contribution in [0.2, 0.25) is 0 Å². The van der Waals surface area contributed by atoms with Crippen LogP contribution < -0.4 is 4.74 Å². The van der Waals surface area contributed by atoms with E-state index in [4.69, 9.17) is 4.74 Å². The zero-order valence-corrected chi connectivity index (χ0v) is 11.0. The highest BCUT2D eigenvalue weighted by Gasteiger charge is 2.10. The lowest BCUT2D eigenvalue weighted by atomic mass is 10.2. The predicted molar refractivity (Wildman–Crippen MR) is 69.5 cm³/mol. The molecule has 0 unspecified atom stereocenters. The number of ether oxygens (including phenoxy) is 1. The van der Waals surface area contributed by atoms with Crippen LogP contribution in [0.4, 0.5) is 0 Å². The number of hydrogen-bond donors (Lipinski definition) is 0. The molecule has 0 fully saturated rings. The largest absolute Gasteiger partial charge is 0.459 e. The van der Waals surface area contributed by atoms with E-state index in [0.717, 1.165) is 10.6 Å². The molecule has 0 saturated carbocycles. The van der Waals surface area contributed by atoms with Crippen LogP contribution in [0.15, 0.2) is 30.3 Å². The Morgan fingerprint density at radius 1 is 1.28 bits per heavy atom. The monoisotopic (exact) mass is 263 g/mol. The first-order chi connectivity index (χ1) is 8.66. The van der Waals surface area contributed by atoms with E-state index < -0.39 is 0 Å². The maximum atomic E-state index is 11.4. The smallest absolute Gasteiger partial charge is 0.294 e. The summed E-state index contributed by atoms with van der Waals surface area (Å²) in [5.74, 6) is -0.105. The van der Waals surface area contributed by atoms with Crippen molar-refractivity contribution in [1.29, 1.82) is 0 Å². The summed E-state index contributed by atoms with van der Waals surface area (Å²) in [4.78, 5) is 12.8. The fraction of sp³-hybridized carbons (Fsp3) is 0.250. The summed E-state index contributed by atoms with van der Waals surface area (Å²) in [5, 5.41) is 9.11. The summed E-state index contributed by atoms with van der Waals surface area (Å²) < 4.78 is 5.28. The van der Waals surface area contributed by atoms with Crippen LogP contribution >= 0.6 is 11.3 Å². The Labute approximate surface area is 109 Å². The maximum absolute atomic E-state index is 11.4. The van der Waals surface area contributed by atoms with Crippen molar-refractivity contribution in [3.05, 3.63) is 30.3 Å². The third-order valence-electron chi connectivity index (χ3n) is 2.25. The van der Waals surface area contributed by atoms with Gasteiger partial charge in [0.1, 0.15) is 0 Å². The third-order valence-corrected chi connectivity index (χ3v) is 3.13. The molecule has 0 spiro atoms. The van der Waals surface area contributed by atoms with E-state index in [0.29, 0.717) is 5.19 Å². The first-order valence-corrected chi connectivity index (χ1v) is 6.20. The van der Waals surface area contributed by atoms with Crippen molar-refractivity contribution in [3.63, 3.8) is 0 Å². The quantitative estimate of drug-likeness (QED) is 0.842. The molecule has 18 heavy (non-hydrogen) atoms. The first-order valence-electron chi connectivity index (χ1n) is 5.38. The lowest BCUT2D eigenvalue weighted by molar-refractivity contribution is -0.130. The highest BCUT2D eigenvalue weighted by Crippen LogP contribution is 2.27. The van der Waals surface area contributed by atoms with E-state index in [-0.39, 0.29) is 12.5 Å². The average Bonchev–Trinajstić information content (AvgIpc) is 2.85. The van der Waals surface area contributed by atoms with Gasteiger partial charge in [0.25, 0.3) is 11.1 Å². The molecular formula is C12H13N3O2S. The Kier molecular flexibility index (Phi) is 3.88. The molecule has 2 rings (SSSR count). The minimum absolute atomic E-state index is 0.0174. The lowest BCUT2D eigenvalue weighted by Gasteiger charge is -2.08. The van der Waals surface area contributed by atoms with E-state index >= 15 is 0 Å². The van der Waals surface area contributed by atoms with Gasteiger partial charge in [-0.15, -0.1) is 5.10 Å². The molecule has 0 bridgehead atoms. The van der Waals surface area contributed by atoms with Crippen LogP contribution in [0, 0.1) is 0 Å². The van der Waals surface area contributed by atoms with E-state index in [1.807, 2.05) is 30.3 Å². The van der Waals surface area contributed by atoms with E-state index in [2.05, 4.69) is 10.2 Å². The Balaban J connectivity index is 2.01. The van der Waals surface area contributed by atoms with Crippen LogP contribution in [0.5, 0.6) is 5.19 Å². The summed E-state index contributed by atoms with van der Waals surface area (Å²) in [5.41, 5.74) is 0.990. The molecular weight excluding hydrogens is 250 g/mol. The minimum Gasteiger partial charge on any atom is -0.459 e. The zero-order chi connectivity index (χ0) is 13.0. The van der Waals surface area contributed by atoms with Gasteiger partial charge in [-0.25, -0.2) is 0 Å². The van der Waals surface area contributed by atoms with Crippen LogP contribution in [0.1, 0.15) is 0 Å². The molecule has 0 aliphatic rings. The lowest BCUT2D eigenvalue weighted by Crippen LogP contribution is -2.27. The second kappa shape index (κ2) is 5.59.